The number of thiophene rings is 1. The maximum atomic E-state index is 12.2. The summed E-state index contributed by atoms with van der Waals surface area (Å²) < 4.78 is 6.00. The van der Waals surface area contributed by atoms with E-state index in [0.717, 1.165) is 40.5 Å². The van der Waals surface area contributed by atoms with Crippen molar-refractivity contribution in [2.24, 2.45) is 0 Å². The van der Waals surface area contributed by atoms with Crippen LogP contribution in [-0.4, -0.2) is 40.5 Å². The maximum Gasteiger partial charge on any atom is 0.261 e. The molecule has 7 heteroatoms. The van der Waals surface area contributed by atoms with E-state index in [1.165, 1.54) is 11.3 Å². The lowest BCUT2D eigenvalue weighted by atomic mass is 10.2. The molecule has 0 spiro atoms. The second-order valence-corrected chi connectivity index (χ2v) is 8.00. The molecule has 0 aliphatic heterocycles. The Balaban J connectivity index is 1.49. The quantitative estimate of drug-likeness (QED) is 0.583. The summed E-state index contributed by atoms with van der Waals surface area (Å²) in [5.41, 5.74) is 3.09. The first kappa shape index (κ1) is 21.0. The zero-order valence-electron chi connectivity index (χ0n) is 17.0. The molecule has 6 nitrogen and oxygen atoms in total. The predicted octanol–water partition coefficient (Wildman–Crippen LogP) is 3.68. The molecule has 3 aromatic rings. The largest absolute Gasteiger partial charge is 0.489 e. The molecule has 1 amide bonds. The van der Waals surface area contributed by atoms with Crippen molar-refractivity contribution in [3.63, 3.8) is 0 Å². The fourth-order valence-electron chi connectivity index (χ4n) is 2.97. The number of carbonyl (C=O) groups excluding carboxylic acids is 1. The highest BCUT2D eigenvalue weighted by Crippen LogP contribution is 2.17. The molecular formula is C22H26N4O2S. The summed E-state index contributed by atoms with van der Waals surface area (Å²) in [7, 11) is 2.05. The summed E-state index contributed by atoms with van der Waals surface area (Å²) >= 11 is 1.46. The number of aryl methyl sites for hydroxylation is 1. The minimum atomic E-state index is -0.133. The molecule has 152 valence electrons. The Hall–Kier alpha value is -2.77. The minimum absolute atomic E-state index is 0.0488. The summed E-state index contributed by atoms with van der Waals surface area (Å²) in [6.45, 7) is 5.85. The third-order valence-electron chi connectivity index (χ3n) is 4.36. The van der Waals surface area contributed by atoms with Crippen LogP contribution in [0.4, 0.5) is 0 Å². The number of hydrogen-bond donors (Lipinski definition) is 1. The number of amides is 1. The van der Waals surface area contributed by atoms with Gasteiger partial charge in [0, 0.05) is 31.7 Å². The number of aromatic nitrogens is 2. The number of nitrogens with zero attached hydrogens (tertiary/aromatic N) is 3. The zero-order valence-corrected chi connectivity index (χ0v) is 17.8. The van der Waals surface area contributed by atoms with Crippen molar-refractivity contribution >= 4 is 17.2 Å². The molecule has 0 bridgehead atoms. The standard InChI is InChI=1S/C22H26N4O2S/c1-16-7-10-29-21(16)22(27)25-12-17(2)28-20-6-4-5-18(11-20)14-26(3)15-19-13-23-8-9-24-19/h4-11,13,17H,12,14-15H2,1-3H3,(H,25,27). The van der Waals surface area contributed by atoms with Crippen LogP contribution in [0.2, 0.25) is 0 Å². The molecule has 0 aliphatic carbocycles. The Morgan fingerprint density at radius 1 is 1.28 bits per heavy atom. The average molecular weight is 411 g/mol. The van der Waals surface area contributed by atoms with Crippen molar-refractivity contribution in [1.82, 2.24) is 20.2 Å². The SMILES string of the molecule is Cc1ccsc1C(=O)NCC(C)Oc1cccc(CN(C)Cc2cnccn2)c1. The first-order valence-electron chi connectivity index (χ1n) is 9.52. The topological polar surface area (TPSA) is 67.3 Å². The molecular weight excluding hydrogens is 384 g/mol. The van der Waals surface area contributed by atoms with E-state index in [-0.39, 0.29) is 12.0 Å². The van der Waals surface area contributed by atoms with Crippen molar-refractivity contribution < 1.29 is 9.53 Å². The first-order valence-corrected chi connectivity index (χ1v) is 10.4. The van der Waals surface area contributed by atoms with Crippen LogP contribution in [0.25, 0.3) is 0 Å². The number of hydrogen-bond acceptors (Lipinski definition) is 6. The second-order valence-electron chi connectivity index (χ2n) is 7.09. The summed E-state index contributed by atoms with van der Waals surface area (Å²) in [5, 5.41) is 4.87. The number of benzene rings is 1. The normalized spacial score (nSPS) is 12.0. The average Bonchev–Trinajstić information content (AvgIpc) is 3.13. The summed E-state index contributed by atoms with van der Waals surface area (Å²) in [5.74, 6) is 0.747. The van der Waals surface area contributed by atoms with E-state index in [0.29, 0.717) is 6.54 Å². The van der Waals surface area contributed by atoms with Crippen LogP contribution >= 0.6 is 11.3 Å². The van der Waals surface area contributed by atoms with Crippen molar-refractivity contribution in [1.29, 1.82) is 0 Å². The summed E-state index contributed by atoms with van der Waals surface area (Å²) in [6.07, 6.45) is 5.03. The predicted molar refractivity (Wildman–Crippen MR) is 115 cm³/mol. The van der Waals surface area contributed by atoms with Gasteiger partial charge in [-0.2, -0.15) is 0 Å². The van der Waals surface area contributed by atoms with Gasteiger partial charge in [-0.3, -0.25) is 19.7 Å². The van der Waals surface area contributed by atoms with Gasteiger partial charge in [0.25, 0.3) is 5.91 Å². The maximum absolute atomic E-state index is 12.2. The molecule has 0 saturated carbocycles. The van der Waals surface area contributed by atoms with Crippen molar-refractivity contribution in [3.05, 3.63) is 76.0 Å². The van der Waals surface area contributed by atoms with Gasteiger partial charge in [0.1, 0.15) is 11.9 Å². The van der Waals surface area contributed by atoms with Gasteiger partial charge in [-0.05, 0) is 55.6 Å². The fourth-order valence-corrected chi connectivity index (χ4v) is 3.81. The summed E-state index contributed by atoms with van der Waals surface area (Å²) in [4.78, 5) is 23.6. The lowest BCUT2D eigenvalue weighted by Gasteiger charge is -2.18. The molecule has 0 aliphatic rings. The Morgan fingerprint density at radius 3 is 2.86 bits per heavy atom. The molecule has 2 aromatic heterocycles. The van der Waals surface area contributed by atoms with Crippen LogP contribution in [-0.2, 0) is 13.1 Å². The monoisotopic (exact) mass is 410 g/mol. The smallest absolute Gasteiger partial charge is 0.261 e. The molecule has 1 N–H and O–H groups in total. The number of carbonyl (C=O) groups is 1. The minimum Gasteiger partial charge on any atom is -0.489 e. The van der Waals surface area contributed by atoms with Crippen molar-refractivity contribution in [3.8, 4) is 5.75 Å². The van der Waals surface area contributed by atoms with Crippen LogP contribution in [0.3, 0.4) is 0 Å². The van der Waals surface area contributed by atoms with E-state index >= 15 is 0 Å². The molecule has 0 saturated heterocycles. The molecule has 1 atom stereocenters. The van der Waals surface area contributed by atoms with Crippen LogP contribution in [0.1, 0.15) is 33.4 Å². The van der Waals surface area contributed by atoms with Gasteiger partial charge in [-0.15, -0.1) is 11.3 Å². The molecule has 0 radical (unpaired) electrons. The summed E-state index contributed by atoms with van der Waals surface area (Å²) in [6, 6.07) is 9.99. The van der Waals surface area contributed by atoms with Gasteiger partial charge in [0.05, 0.1) is 17.1 Å². The Labute approximate surface area is 175 Å². The Bertz CT molecular complexity index is 929. The van der Waals surface area contributed by atoms with Crippen LogP contribution in [0.15, 0.2) is 54.3 Å². The van der Waals surface area contributed by atoms with E-state index in [1.807, 2.05) is 50.5 Å². The lowest BCUT2D eigenvalue weighted by molar-refractivity contribution is 0.0935. The molecule has 2 heterocycles. The van der Waals surface area contributed by atoms with Crippen molar-refractivity contribution in [2.45, 2.75) is 33.0 Å². The van der Waals surface area contributed by atoms with E-state index in [1.54, 1.807) is 18.6 Å². The van der Waals surface area contributed by atoms with Crippen LogP contribution < -0.4 is 10.1 Å². The molecule has 3 rings (SSSR count). The van der Waals surface area contributed by atoms with Gasteiger partial charge >= 0.3 is 0 Å². The lowest BCUT2D eigenvalue weighted by Crippen LogP contribution is -2.33. The molecule has 0 fully saturated rings. The first-order chi connectivity index (χ1) is 14.0. The van der Waals surface area contributed by atoms with Gasteiger partial charge in [0.15, 0.2) is 0 Å². The Morgan fingerprint density at radius 2 is 2.14 bits per heavy atom. The third kappa shape index (κ3) is 6.37. The van der Waals surface area contributed by atoms with E-state index in [4.69, 9.17) is 4.74 Å². The molecule has 29 heavy (non-hydrogen) atoms. The number of ether oxygens (including phenoxy) is 1. The van der Waals surface area contributed by atoms with Crippen LogP contribution in [0, 0.1) is 6.92 Å². The highest BCUT2D eigenvalue weighted by atomic mass is 32.1. The second kappa shape index (κ2) is 10.1. The highest BCUT2D eigenvalue weighted by Gasteiger charge is 2.12. The Kier molecular flexibility index (Phi) is 7.32. The van der Waals surface area contributed by atoms with Gasteiger partial charge in [-0.25, -0.2) is 0 Å². The van der Waals surface area contributed by atoms with E-state index in [2.05, 4.69) is 26.3 Å². The highest BCUT2D eigenvalue weighted by molar-refractivity contribution is 7.12. The zero-order chi connectivity index (χ0) is 20.6. The third-order valence-corrected chi connectivity index (χ3v) is 5.37. The fraction of sp³-hybridized carbons (Fsp3) is 0.318. The number of nitrogens with one attached hydrogen (secondary N) is 1. The number of rotatable bonds is 9. The molecule has 1 aromatic carbocycles. The van der Waals surface area contributed by atoms with Gasteiger partial charge in [-0.1, -0.05) is 12.1 Å². The van der Waals surface area contributed by atoms with Gasteiger partial charge in [0.2, 0.25) is 0 Å². The molecule has 1 unspecified atom stereocenters. The van der Waals surface area contributed by atoms with Crippen LogP contribution in [0.5, 0.6) is 5.75 Å². The van der Waals surface area contributed by atoms with Gasteiger partial charge < -0.3 is 10.1 Å². The van der Waals surface area contributed by atoms with Crippen molar-refractivity contribution in [2.75, 3.05) is 13.6 Å². The van der Waals surface area contributed by atoms with E-state index < -0.39 is 0 Å². The van der Waals surface area contributed by atoms with E-state index in [9.17, 15) is 4.79 Å².